The van der Waals surface area contributed by atoms with Gasteiger partial charge in [0.05, 0.1) is 6.04 Å². The van der Waals surface area contributed by atoms with E-state index in [4.69, 9.17) is 15.8 Å². The number of carbonyl (C=O) groups excluding carboxylic acids is 1. The van der Waals surface area contributed by atoms with E-state index in [9.17, 15) is 4.79 Å². The van der Waals surface area contributed by atoms with Crippen LogP contribution in [0.5, 0.6) is 0 Å². The molecule has 0 aliphatic carbocycles. The molecule has 6 nitrogen and oxygen atoms in total. The molecule has 1 rings (SSSR count). The van der Waals surface area contributed by atoms with Gasteiger partial charge >= 0.3 is 7.12 Å². The van der Waals surface area contributed by atoms with Crippen molar-refractivity contribution in [3.63, 3.8) is 0 Å². The van der Waals surface area contributed by atoms with Crippen LogP contribution in [0.15, 0.2) is 0 Å². The number of piperidine rings is 1. The Morgan fingerprint density at radius 2 is 2.09 bits per heavy atom. The number of amides is 1. The van der Waals surface area contributed by atoms with Gasteiger partial charge in [0.1, 0.15) is 0 Å². The maximum Gasteiger partial charge on any atom is 0.451 e. The summed E-state index contributed by atoms with van der Waals surface area (Å²) in [5, 5.41) is 24.2. The Bertz CT molecular complexity index is 347. The first kappa shape index (κ1) is 19.4. The third-order valence-electron chi connectivity index (χ3n) is 4.32. The number of hydrogen-bond acceptors (Lipinski definition) is 5. The molecule has 3 atom stereocenters. The van der Waals surface area contributed by atoms with Gasteiger partial charge in [-0.15, -0.1) is 0 Å². The zero-order valence-electron chi connectivity index (χ0n) is 14.1. The lowest BCUT2D eigenvalue weighted by Gasteiger charge is -2.33. The minimum Gasteiger partial charge on any atom is -0.427 e. The number of nitrogens with one attached hydrogen (secondary N) is 2. The van der Waals surface area contributed by atoms with Gasteiger partial charge in [-0.05, 0) is 37.5 Å². The summed E-state index contributed by atoms with van der Waals surface area (Å²) >= 11 is 0. The first-order chi connectivity index (χ1) is 10.2. The Labute approximate surface area is 134 Å². The van der Waals surface area contributed by atoms with Crippen molar-refractivity contribution in [2.75, 3.05) is 6.54 Å². The molecule has 0 spiro atoms. The van der Waals surface area contributed by atoms with Crippen LogP contribution in [-0.2, 0) is 4.79 Å². The second-order valence-electron chi connectivity index (χ2n) is 7.49. The minimum atomic E-state index is -1.20. The first-order valence-electron chi connectivity index (χ1n) is 8.35. The fraction of sp³-hybridized carbons (Fsp3) is 0.933. The number of rotatable bonds is 7. The fourth-order valence-electron chi connectivity index (χ4n) is 2.76. The molecule has 6 N–H and O–H groups in total. The quantitative estimate of drug-likeness (QED) is 0.342. The van der Waals surface area contributed by atoms with Crippen molar-refractivity contribution in [2.24, 2.45) is 11.1 Å². The van der Waals surface area contributed by atoms with E-state index in [1.807, 2.05) is 20.8 Å². The van der Waals surface area contributed by atoms with Gasteiger partial charge < -0.3 is 26.4 Å². The molecule has 0 aromatic rings. The van der Waals surface area contributed by atoms with Crippen LogP contribution in [0, 0.1) is 5.41 Å². The van der Waals surface area contributed by atoms with Crippen molar-refractivity contribution in [3.8, 4) is 0 Å². The zero-order chi connectivity index (χ0) is 16.8. The van der Waals surface area contributed by atoms with E-state index in [1.54, 1.807) is 0 Å². The van der Waals surface area contributed by atoms with Crippen molar-refractivity contribution in [3.05, 3.63) is 0 Å². The number of carbonyl (C=O) groups is 1. The molecular formula is C15H32BN3O3. The summed E-state index contributed by atoms with van der Waals surface area (Å²) in [4.78, 5) is 12.2. The van der Waals surface area contributed by atoms with Crippen LogP contribution < -0.4 is 16.4 Å². The van der Waals surface area contributed by atoms with Crippen molar-refractivity contribution in [1.82, 2.24) is 10.6 Å². The number of unbranched alkanes of at least 4 members (excludes halogenated alkanes) is 1. The average molecular weight is 313 g/mol. The van der Waals surface area contributed by atoms with Gasteiger partial charge in [-0.1, -0.05) is 33.6 Å². The summed E-state index contributed by atoms with van der Waals surface area (Å²) in [7, 11) is -1.20. The van der Waals surface area contributed by atoms with Crippen LogP contribution >= 0.6 is 0 Å². The van der Waals surface area contributed by atoms with Crippen molar-refractivity contribution in [1.29, 1.82) is 0 Å². The van der Waals surface area contributed by atoms with Crippen LogP contribution in [-0.4, -0.2) is 47.7 Å². The molecule has 1 amide bonds. The number of nitrogens with two attached hydrogens (primary N) is 1. The van der Waals surface area contributed by atoms with E-state index < -0.39 is 13.2 Å². The second kappa shape index (κ2) is 8.86. The molecule has 0 saturated carbocycles. The summed E-state index contributed by atoms with van der Waals surface area (Å²) in [6.07, 6.45) is 5.01. The monoisotopic (exact) mass is 313 g/mol. The Morgan fingerprint density at radius 3 is 2.68 bits per heavy atom. The highest BCUT2D eigenvalue weighted by molar-refractivity contribution is 6.40. The fourth-order valence-corrected chi connectivity index (χ4v) is 2.76. The zero-order valence-corrected chi connectivity index (χ0v) is 14.1. The molecule has 0 bridgehead atoms. The van der Waals surface area contributed by atoms with Crippen LogP contribution in [0.4, 0.5) is 0 Å². The van der Waals surface area contributed by atoms with Crippen molar-refractivity contribution in [2.45, 2.75) is 77.3 Å². The summed E-state index contributed by atoms with van der Waals surface area (Å²) in [6, 6.07) is 0.0585. The largest absolute Gasteiger partial charge is 0.451 e. The van der Waals surface area contributed by atoms with E-state index in [0.29, 0.717) is 12.4 Å². The Hall–Kier alpha value is -0.625. The molecule has 1 aliphatic heterocycles. The molecule has 1 heterocycles. The van der Waals surface area contributed by atoms with Crippen molar-refractivity contribution < 1.29 is 14.8 Å². The van der Waals surface area contributed by atoms with Crippen LogP contribution in [0.1, 0.15) is 52.9 Å². The first-order valence-corrected chi connectivity index (χ1v) is 8.35. The van der Waals surface area contributed by atoms with Gasteiger partial charge in [0.2, 0.25) is 5.91 Å². The SMILES string of the molecule is CC(C)(C)[C@H](N)C(=O)N[C@H]1CCN[C@H](CCCCB(O)O)C1. The van der Waals surface area contributed by atoms with Crippen LogP contribution in [0.25, 0.3) is 0 Å². The third kappa shape index (κ3) is 7.09. The van der Waals surface area contributed by atoms with Gasteiger partial charge in [0, 0.05) is 12.1 Å². The van der Waals surface area contributed by atoms with E-state index in [1.165, 1.54) is 0 Å². The van der Waals surface area contributed by atoms with Crippen molar-refractivity contribution >= 4 is 13.0 Å². The molecule has 0 aromatic heterocycles. The average Bonchev–Trinajstić information content (AvgIpc) is 2.42. The van der Waals surface area contributed by atoms with E-state index in [0.717, 1.165) is 38.6 Å². The van der Waals surface area contributed by atoms with Gasteiger partial charge in [0.15, 0.2) is 0 Å². The van der Waals surface area contributed by atoms with Crippen LogP contribution in [0.3, 0.4) is 0 Å². The molecule has 22 heavy (non-hydrogen) atoms. The summed E-state index contributed by atoms with van der Waals surface area (Å²) in [6.45, 7) is 6.80. The summed E-state index contributed by atoms with van der Waals surface area (Å²) < 4.78 is 0. The highest BCUT2D eigenvalue weighted by atomic mass is 16.4. The molecule has 0 radical (unpaired) electrons. The molecule has 0 unspecified atom stereocenters. The molecule has 1 aliphatic rings. The highest BCUT2D eigenvalue weighted by Crippen LogP contribution is 2.19. The molecule has 1 fully saturated rings. The van der Waals surface area contributed by atoms with Gasteiger partial charge in [-0.25, -0.2) is 0 Å². The predicted molar refractivity (Wildman–Crippen MR) is 89.2 cm³/mol. The predicted octanol–water partition coefficient (Wildman–Crippen LogP) is 0.240. The molecule has 7 heteroatoms. The Morgan fingerprint density at radius 1 is 1.41 bits per heavy atom. The normalized spacial score (nSPS) is 23.9. The van der Waals surface area contributed by atoms with Gasteiger partial charge in [-0.2, -0.15) is 0 Å². The maximum atomic E-state index is 12.2. The maximum absolute atomic E-state index is 12.2. The van der Waals surface area contributed by atoms with Gasteiger partial charge in [-0.3, -0.25) is 4.79 Å². The molecule has 128 valence electrons. The topological polar surface area (TPSA) is 108 Å². The van der Waals surface area contributed by atoms with E-state index >= 15 is 0 Å². The molecular weight excluding hydrogens is 281 g/mol. The summed E-state index contributed by atoms with van der Waals surface area (Å²) in [5.74, 6) is -0.0680. The second-order valence-corrected chi connectivity index (χ2v) is 7.49. The smallest absolute Gasteiger partial charge is 0.427 e. The summed E-state index contributed by atoms with van der Waals surface area (Å²) in [5.41, 5.74) is 5.76. The lowest BCUT2D eigenvalue weighted by molar-refractivity contribution is -0.125. The highest BCUT2D eigenvalue weighted by Gasteiger charge is 2.30. The standard InChI is InChI=1S/C15H32BN3O3/c1-15(2,3)13(17)14(20)19-12-7-9-18-11(10-12)6-4-5-8-16(21)22/h11-13,18,21-22H,4-10,17H2,1-3H3,(H,19,20)/t11-,12+,13-/m1/s1. The van der Waals surface area contributed by atoms with Gasteiger partial charge in [0.25, 0.3) is 0 Å². The Balaban J connectivity index is 2.32. The lowest BCUT2D eigenvalue weighted by atomic mass is 9.83. The van der Waals surface area contributed by atoms with E-state index in [-0.39, 0.29) is 17.4 Å². The molecule has 1 saturated heterocycles. The van der Waals surface area contributed by atoms with Crippen LogP contribution in [0.2, 0.25) is 6.32 Å². The molecule has 0 aromatic carbocycles. The lowest BCUT2D eigenvalue weighted by Crippen LogP contribution is -2.54. The minimum absolute atomic E-state index is 0.0680. The Kier molecular flexibility index (Phi) is 7.83. The van der Waals surface area contributed by atoms with E-state index in [2.05, 4.69) is 10.6 Å². The number of hydrogen-bond donors (Lipinski definition) is 5. The third-order valence-corrected chi connectivity index (χ3v) is 4.32.